The third kappa shape index (κ3) is 4.14. The molecule has 2 N–H and O–H groups in total. The molecule has 1 aromatic carbocycles. The van der Waals surface area contributed by atoms with Crippen molar-refractivity contribution in [2.75, 3.05) is 5.32 Å². The summed E-state index contributed by atoms with van der Waals surface area (Å²) < 4.78 is 0. The van der Waals surface area contributed by atoms with Gasteiger partial charge in [0.15, 0.2) is 0 Å². The van der Waals surface area contributed by atoms with E-state index in [-0.39, 0.29) is 11.9 Å². The summed E-state index contributed by atoms with van der Waals surface area (Å²) in [6.07, 6.45) is 9.87. The number of fused-ring (bicyclic) bond motifs is 1. The topological polar surface area (TPSA) is 41.1 Å². The SMILES string of the molecule is CCC1CCC(NC(C)C(=O)Nc2ccc3c(c2)CCC3)CC1. The third-order valence-electron chi connectivity index (χ3n) is 5.67. The van der Waals surface area contributed by atoms with E-state index in [1.54, 1.807) is 0 Å². The highest BCUT2D eigenvalue weighted by atomic mass is 16.2. The van der Waals surface area contributed by atoms with Crippen LogP contribution in [0, 0.1) is 5.92 Å². The number of hydrogen-bond acceptors (Lipinski definition) is 2. The summed E-state index contributed by atoms with van der Waals surface area (Å²) in [4.78, 5) is 12.4. The van der Waals surface area contributed by atoms with Crippen molar-refractivity contribution in [3.8, 4) is 0 Å². The van der Waals surface area contributed by atoms with Crippen LogP contribution >= 0.6 is 0 Å². The van der Waals surface area contributed by atoms with E-state index < -0.39 is 0 Å². The molecule has 0 bridgehead atoms. The number of hydrogen-bond donors (Lipinski definition) is 2. The minimum absolute atomic E-state index is 0.0839. The van der Waals surface area contributed by atoms with E-state index in [1.165, 1.54) is 56.1 Å². The van der Waals surface area contributed by atoms with E-state index in [0.29, 0.717) is 6.04 Å². The van der Waals surface area contributed by atoms with Gasteiger partial charge in [0, 0.05) is 11.7 Å². The Labute approximate surface area is 140 Å². The number of nitrogens with one attached hydrogen (secondary N) is 2. The molecule has 1 fully saturated rings. The summed E-state index contributed by atoms with van der Waals surface area (Å²) in [6, 6.07) is 6.73. The van der Waals surface area contributed by atoms with Crippen molar-refractivity contribution in [1.29, 1.82) is 0 Å². The predicted molar refractivity (Wildman–Crippen MR) is 95.7 cm³/mol. The molecule has 126 valence electrons. The van der Waals surface area contributed by atoms with Gasteiger partial charge in [0.1, 0.15) is 0 Å². The maximum atomic E-state index is 12.4. The molecule has 0 heterocycles. The lowest BCUT2D eigenvalue weighted by molar-refractivity contribution is -0.118. The van der Waals surface area contributed by atoms with Crippen LogP contribution in [-0.2, 0) is 17.6 Å². The normalized spacial score (nSPS) is 25.0. The molecule has 1 atom stereocenters. The molecule has 2 aliphatic rings. The van der Waals surface area contributed by atoms with Crippen LogP contribution in [0.15, 0.2) is 18.2 Å². The molecular weight excluding hydrogens is 284 g/mol. The lowest BCUT2D eigenvalue weighted by atomic mass is 9.84. The molecule has 0 spiro atoms. The molecule has 0 radical (unpaired) electrons. The van der Waals surface area contributed by atoms with Gasteiger partial charge < -0.3 is 10.6 Å². The monoisotopic (exact) mass is 314 g/mol. The highest BCUT2D eigenvalue weighted by Gasteiger charge is 2.23. The first-order valence-electron chi connectivity index (χ1n) is 9.34. The lowest BCUT2D eigenvalue weighted by Gasteiger charge is -2.30. The van der Waals surface area contributed by atoms with Crippen molar-refractivity contribution in [3.05, 3.63) is 29.3 Å². The van der Waals surface area contributed by atoms with Crippen LogP contribution in [-0.4, -0.2) is 18.0 Å². The zero-order valence-corrected chi connectivity index (χ0v) is 14.5. The molecule has 3 heteroatoms. The number of amides is 1. The molecule has 3 nitrogen and oxygen atoms in total. The smallest absolute Gasteiger partial charge is 0.241 e. The van der Waals surface area contributed by atoms with Crippen molar-refractivity contribution >= 4 is 11.6 Å². The van der Waals surface area contributed by atoms with Gasteiger partial charge in [-0.1, -0.05) is 19.4 Å². The highest BCUT2D eigenvalue weighted by molar-refractivity contribution is 5.94. The fraction of sp³-hybridized carbons (Fsp3) is 0.650. The van der Waals surface area contributed by atoms with Gasteiger partial charge in [0.05, 0.1) is 6.04 Å². The standard InChI is InChI=1S/C20H30N2O/c1-3-15-7-10-18(11-8-15)21-14(2)20(23)22-19-12-9-16-5-4-6-17(16)13-19/h9,12-15,18,21H,3-8,10-11H2,1-2H3,(H,22,23). The van der Waals surface area contributed by atoms with Crippen molar-refractivity contribution in [2.45, 2.75) is 77.3 Å². The van der Waals surface area contributed by atoms with Crippen LogP contribution in [0.5, 0.6) is 0 Å². The molecule has 23 heavy (non-hydrogen) atoms. The molecule has 1 aromatic rings. The summed E-state index contributed by atoms with van der Waals surface area (Å²) in [5.74, 6) is 0.976. The first-order chi connectivity index (χ1) is 11.2. The molecule has 1 amide bonds. The molecule has 1 unspecified atom stereocenters. The van der Waals surface area contributed by atoms with Gasteiger partial charge in [-0.3, -0.25) is 4.79 Å². The molecule has 0 aliphatic heterocycles. The van der Waals surface area contributed by atoms with Crippen molar-refractivity contribution in [1.82, 2.24) is 5.32 Å². The first kappa shape index (κ1) is 16.5. The van der Waals surface area contributed by atoms with Crippen LogP contribution in [0.3, 0.4) is 0 Å². The Kier molecular flexibility index (Phi) is 5.37. The van der Waals surface area contributed by atoms with Crippen LogP contribution in [0.1, 0.15) is 63.5 Å². The zero-order valence-electron chi connectivity index (χ0n) is 14.5. The Hall–Kier alpha value is -1.35. The van der Waals surface area contributed by atoms with Gasteiger partial charge in [0.2, 0.25) is 5.91 Å². The Morgan fingerprint density at radius 3 is 2.65 bits per heavy atom. The van der Waals surface area contributed by atoms with E-state index in [4.69, 9.17) is 0 Å². The fourth-order valence-electron chi connectivity index (χ4n) is 4.07. The Bertz CT molecular complexity index is 547. The Balaban J connectivity index is 1.50. The Morgan fingerprint density at radius 2 is 1.91 bits per heavy atom. The van der Waals surface area contributed by atoms with Crippen LogP contribution in [0.25, 0.3) is 0 Å². The van der Waals surface area contributed by atoms with Crippen LogP contribution in [0.2, 0.25) is 0 Å². The number of rotatable bonds is 5. The molecule has 0 saturated heterocycles. The summed E-state index contributed by atoms with van der Waals surface area (Å²) in [5, 5.41) is 6.60. The zero-order chi connectivity index (χ0) is 16.2. The van der Waals surface area contributed by atoms with E-state index in [1.807, 2.05) is 13.0 Å². The minimum atomic E-state index is -0.133. The summed E-state index contributed by atoms with van der Waals surface area (Å²) in [7, 11) is 0. The summed E-state index contributed by atoms with van der Waals surface area (Å²) >= 11 is 0. The number of anilines is 1. The van der Waals surface area contributed by atoms with Gasteiger partial charge in [-0.05, 0) is 81.0 Å². The van der Waals surface area contributed by atoms with Crippen molar-refractivity contribution in [2.24, 2.45) is 5.92 Å². The van der Waals surface area contributed by atoms with Gasteiger partial charge in [-0.25, -0.2) is 0 Å². The second-order valence-corrected chi connectivity index (χ2v) is 7.34. The molecule has 1 saturated carbocycles. The largest absolute Gasteiger partial charge is 0.325 e. The quantitative estimate of drug-likeness (QED) is 0.860. The minimum Gasteiger partial charge on any atom is -0.325 e. The second-order valence-electron chi connectivity index (χ2n) is 7.34. The average Bonchev–Trinajstić information content (AvgIpc) is 3.03. The van der Waals surface area contributed by atoms with Gasteiger partial charge in [-0.15, -0.1) is 0 Å². The molecule has 3 rings (SSSR count). The van der Waals surface area contributed by atoms with Gasteiger partial charge in [-0.2, -0.15) is 0 Å². The third-order valence-corrected chi connectivity index (χ3v) is 5.67. The number of carbonyl (C=O) groups is 1. The lowest BCUT2D eigenvalue weighted by Crippen LogP contribution is -2.45. The maximum absolute atomic E-state index is 12.4. The summed E-state index contributed by atoms with van der Waals surface area (Å²) in [5.41, 5.74) is 3.79. The van der Waals surface area contributed by atoms with Crippen molar-refractivity contribution in [3.63, 3.8) is 0 Å². The molecule has 0 aromatic heterocycles. The van der Waals surface area contributed by atoms with E-state index in [2.05, 4.69) is 29.7 Å². The molecular formula is C20H30N2O. The fourth-order valence-corrected chi connectivity index (χ4v) is 4.07. The average molecular weight is 314 g/mol. The highest BCUT2D eigenvalue weighted by Crippen LogP contribution is 2.27. The van der Waals surface area contributed by atoms with Gasteiger partial charge in [0.25, 0.3) is 0 Å². The predicted octanol–water partition coefficient (Wildman–Crippen LogP) is 4.06. The van der Waals surface area contributed by atoms with E-state index in [0.717, 1.165) is 18.0 Å². The van der Waals surface area contributed by atoms with E-state index in [9.17, 15) is 4.79 Å². The second kappa shape index (κ2) is 7.48. The maximum Gasteiger partial charge on any atom is 0.241 e. The number of carbonyl (C=O) groups excluding carboxylic acids is 1. The van der Waals surface area contributed by atoms with E-state index >= 15 is 0 Å². The number of benzene rings is 1. The van der Waals surface area contributed by atoms with Crippen molar-refractivity contribution < 1.29 is 4.79 Å². The molecule has 2 aliphatic carbocycles. The Morgan fingerprint density at radius 1 is 1.17 bits per heavy atom. The summed E-state index contributed by atoms with van der Waals surface area (Å²) in [6.45, 7) is 4.26. The van der Waals surface area contributed by atoms with Crippen LogP contribution in [0.4, 0.5) is 5.69 Å². The number of aryl methyl sites for hydroxylation is 2. The first-order valence-corrected chi connectivity index (χ1v) is 9.34. The van der Waals surface area contributed by atoms with Crippen LogP contribution < -0.4 is 10.6 Å². The van der Waals surface area contributed by atoms with Gasteiger partial charge >= 0.3 is 0 Å².